The second kappa shape index (κ2) is 7.49. The van der Waals surface area contributed by atoms with Crippen molar-refractivity contribution in [3.05, 3.63) is 40.9 Å². The van der Waals surface area contributed by atoms with Crippen LogP contribution in [0.2, 0.25) is 0 Å². The van der Waals surface area contributed by atoms with Crippen LogP contribution >= 0.6 is 11.3 Å². The third-order valence-corrected chi connectivity index (χ3v) is 5.34. The Balaban J connectivity index is 1.60. The number of rotatable bonds is 5. The van der Waals surface area contributed by atoms with E-state index in [4.69, 9.17) is 5.11 Å². The minimum atomic E-state index is -2.65. The van der Waals surface area contributed by atoms with Crippen LogP contribution in [0.15, 0.2) is 29.6 Å². The summed E-state index contributed by atoms with van der Waals surface area (Å²) in [5.74, 6) is -4.29. The SMILES string of the molecule is O=C(O)c1csc(-c2cccc(CNC(=O)C3CCC(F)(F)CC3)c2)n1. The summed E-state index contributed by atoms with van der Waals surface area (Å²) in [6, 6.07) is 7.29. The molecule has 0 spiro atoms. The van der Waals surface area contributed by atoms with Gasteiger partial charge >= 0.3 is 5.97 Å². The molecule has 0 radical (unpaired) electrons. The molecule has 0 aliphatic heterocycles. The highest BCUT2D eigenvalue weighted by atomic mass is 32.1. The second-order valence-electron chi connectivity index (χ2n) is 6.39. The van der Waals surface area contributed by atoms with E-state index < -0.39 is 11.9 Å². The number of nitrogens with zero attached hydrogens (tertiary/aromatic N) is 1. The fourth-order valence-corrected chi connectivity index (χ4v) is 3.75. The molecular formula is C18H18F2N2O3S. The summed E-state index contributed by atoms with van der Waals surface area (Å²) < 4.78 is 26.4. The maximum absolute atomic E-state index is 13.2. The number of thiazole rings is 1. The van der Waals surface area contributed by atoms with Crippen molar-refractivity contribution >= 4 is 23.2 Å². The van der Waals surface area contributed by atoms with E-state index in [2.05, 4.69) is 10.3 Å². The van der Waals surface area contributed by atoms with E-state index in [1.54, 1.807) is 6.07 Å². The van der Waals surface area contributed by atoms with Gasteiger partial charge < -0.3 is 10.4 Å². The highest BCUT2D eigenvalue weighted by Crippen LogP contribution is 2.36. The molecule has 8 heteroatoms. The smallest absolute Gasteiger partial charge is 0.355 e. The van der Waals surface area contributed by atoms with E-state index in [1.165, 1.54) is 16.7 Å². The van der Waals surface area contributed by atoms with Gasteiger partial charge in [-0.15, -0.1) is 11.3 Å². The Kier molecular flexibility index (Phi) is 5.31. The van der Waals surface area contributed by atoms with Crippen LogP contribution in [0, 0.1) is 5.92 Å². The Morgan fingerprint density at radius 2 is 2.04 bits per heavy atom. The van der Waals surface area contributed by atoms with Crippen molar-refractivity contribution in [2.75, 3.05) is 0 Å². The van der Waals surface area contributed by atoms with Gasteiger partial charge in [-0.2, -0.15) is 0 Å². The molecule has 1 aliphatic carbocycles. The summed E-state index contributed by atoms with van der Waals surface area (Å²) >= 11 is 1.24. The van der Waals surface area contributed by atoms with Crippen LogP contribution in [-0.4, -0.2) is 27.9 Å². The maximum Gasteiger partial charge on any atom is 0.355 e. The van der Waals surface area contributed by atoms with Crippen LogP contribution in [0.1, 0.15) is 41.7 Å². The van der Waals surface area contributed by atoms with E-state index in [9.17, 15) is 18.4 Å². The molecule has 0 bridgehead atoms. The summed E-state index contributed by atoms with van der Waals surface area (Å²) in [6.07, 6.45) is -0.0705. The predicted octanol–water partition coefficient (Wildman–Crippen LogP) is 3.95. The number of amides is 1. The molecule has 5 nitrogen and oxygen atoms in total. The summed E-state index contributed by atoms with van der Waals surface area (Å²) in [7, 11) is 0. The number of halogens is 2. The lowest BCUT2D eigenvalue weighted by Gasteiger charge is -2.27. The summed E-state index contributed by atoms with van der Waals surface area (Å²) in [5.41, 5.74) is 1.61. The van der Waals surface area contributed by atoms with Crippen molar-refractivity contribution in [2.45, 2.75) is 38.2 Å². The van der Waals surface area contributed by atoms with E-state index >= 15 is 0 Å². The second-order valence-corrected chi connectivity index (χ2v) is 7.25. The Labute approximate surface area is 153 Å². The quantitative estimate of drug-likeness (QED) is 0.823. The van der Waals surface area contributed by atoms with Gasteiger partial charge in [0, 0.05) is 36.2 Å². The van der Waals surface area contributed by atoms with Gasteiger partial charge in [0.1, 0.15) is 5.01 Å². The molecule has 0 saturated heterocycles. The molecule has 1 amide bonds. The zero-order valence-corrected chi connectivity index (χ0v) is 14.7. The minimum Gasteiger partial charge on any atom is -0.476 e. The molecule has 0 unspecified atom stereocenters. The lowest BCUT2D eigenvalue weighted by Crippen LogP contribution is -2.35. The van der Waals surface area contributed by atoms with Gasteiger partial charge in [0.2, 0.25) is 11.8 Å². The lowest BCUT2D eigenvalue weighted by molar-refractivity contribution is -0.129. The first-order valence-corrected chi connectivity index (χ1v) is 9.16. The van der Waals surface area contributed by atoms with Gasteiger partial charge in [-0.25, -0.2) is 18.6 Å². The van der Waals surface area contributed by atoms with Crippen molar-refractivity contribution < 1.29 is 23.5 Å². The van der Waals surface area contributed by atoms with Gasteiger partial charge in [-0.3, -0.25) is 4.79 Å². The Morgan fingerprint density at radius 1 is 1.31 bits per heavy atom. The van der Waals surface area contributed by atoms with Gasteiger partial charge in [0.15, 0.2) is 5.69 Å². The first-order valence-electron chi connectivity index (χ1n) is 8.28. The Morgan fingerprint density at radius 3 is 2.69 bits per heavy atom. The van der Waals surface area contributed by atoms with Crippen LogP contribution in [0.25, 0.3) is 10.6 Å². The van der Waals surface area contributed by atoms with Gasteiger partial charge in [-0.1, -0.05) is 18.2 Å². The molecule has 3 rings (SSSR count). The third kappa shape index (κ3) is 4.43. The molecule has 1 aromatic heterocycles. The van der Waals surface area contributed by atoms with Crippen molar-refractivity contribution in [3.63, 3.8) is 0 Å². The Bertz CT molecular complexity index is 812. The minimum absolute atomic E-state index is 0.00203. The fraction of sp³-hybridized carbons (Fsp3) is 0.389. The number of hydrogen-bond donors (Lipinski definition) is 2. The normalized spacial score (nSPS) is 17.0. The number of carbonyl (C=O) groups is 2. The zero-order valence-electron chi connectivity index (χ0n) is 13.9. The number of carboxylic acid groups (broad SMARTS) is 1. The van der Waals surface area contributed by atoms with E-state index in [1.807, 2.05) is 18.2 Å². The van der Waals surface area contributed by atoms with E-state index in [0.717, 1.165) is 11.1 Å². The van der Waals surface area contributed by atoms with E-state index in [0.29, 0.717) is 5.01 Å². The first kappa shape index (κ1) is 18.4. The molecule has 2 N–H and O–H groups in total. The highest BCUT2D eigenvalue weighted by molar-refractivity contribution is 7.13. The molecule has 1 aliphatic rings. The summed E-state index contributed by atoms with van der Waals surface area (Å²) in [4.78, 5) is 27.2. The van der Waals surface area contributed by atoms with Crippen LogP contribution < -0.4 is 5.32 Å². The molecule has 1 heterocycles. The highest BCUT2D eigenvalue weighted by Gasteiger charge is 2.37. The number of benzene rings is 1. The number of alkyl halides is 2. The molecule has 26 heavy (non-hydrogen) atoms. The average Bonchev–Trinajstić information content (AvgIpc) is 3.10. The molecule has 1 saturated carbocycles. The first-order chi connectivity index (χ1) is 12.3. The topological polar surface area (TPSA) is 79.3 Å². The summed E-state index contributed by atoms with van der Waals surface area (Å²) in [6.45, 7) is 0.288. The molecule has 1 fully saturated rings. The molecular weight excluding hydrogens is 362 g/mol. The van der Waals surface area contributed by atoms with Gasteiger partial charge in [-0.05, 0) is 24.5 Å². The van der Waals surface area contributed by atoms with Crippen LogP contribution in [0.3, 0.4) is 0 Å². The predicted molar refractivity (Wildman–Crippen MR) is 93.3 cm³/mol. The number of carbonyl (C=O) groups excluding carboxylic acids is 1. The number of aromatic carboxylic acids is 1. The third-order valence-electron chi connectivity index (χ3n) is 4.45. The largest absolute Gasteiger partial charge is 0.476 e. The van der Waals surface area contributed by atoms with Crippen molar-refractivity contribution in [1.29, 1.82) is 0 Å². The standard InChI is InChI=1S/C18H18F2N2O3S/c19-18(20)6-4-12(5-7-18)15(23)21-9-11-2-1-3-13(8-11)16-22-14(10-26-16)17(24)25/h1-3,8,10,12H,4-7,9H2,(H,21,23)(H,24,25). The van der Waals surface area contributed by atoms with Gasteiger partial charge in [0.05, 0.1) is 0 Å². The van der Waals surface area contributed by atoms with Gasteiger partial charge in [0.25, 0.3) is 0 Å². The molecule has 1 aromatic carbocycles. The number of carboxylic acids is 1. The Hall–Kier alpha value is -2.35. The number of aromatic nitrogens is 1. The summed E-state index contributed by atoms with van der Waals surface area (Å²) in [5, 5.41) is 13.8. The van der Waals surface area contributed by atoms with Crippen molar-refractivity contribution in [1.82, 2.24) is 10.3 Å². The molecule has 2 aromatic rings. The number of hydrogen-bond acceptors (Lipinski definition) is 4. The van der Waals surface area contributed by atoms with Crippen LogP contribution in [0.4, 0.5) is 8.78 Å². The number of nitrogens with one attached hydrogen (secondary N) is 1. The van der Waals surface area contributed by atoms with Crippen molar-refractivity contribution in [3.8, 4) is 10.6 Å². The average molecular weight is 380 g/mol. The lowest BCUT2D eigenvalue weighted by atomic mass is 9.86. The van der Waals surface area contributed by atoms with Crippen LogP contribution in [-0.2, 0) is 11.3 Å². The van der Waals surface area contributed by atoms with Crippen molar-refractivity contribution in [2.24, 2.45) is 5.92 Å². The van der Waals surface area contributed by atoms with E-state index in [-0.39, 0.29) is 49.7 Å². The van der Waals surface area contributed by atoms with Crippen LogP contribution in [0.5, 0.6) is 0 Å². The maximum atomic E-state index is 13.2. The zero-order chi connectivity index (χ0) is 18.7. The molecule has 0 atom stereocenters. The monoisotopic (exact) mass is 380 g/mol. The molecule has 138 valence electrons. The fourth-order valence-electron chi connectivity index (χ4n) is 2.95.